The number of pyridine rings is 2. The van der Waals surface area contributed by atoms with Crippen LogP contribution >= 0.6 is 0 Å². The van der Waals surface area contributed by atoms with Gasteiger partial charge in [-0.1, -0.05) is 31.1 Å². The lowest BCUT2D eigenvalue weighted by molar-refractivity contribution is 0.102. The quantitative estimate of drug-likeness (QED) is 0.417. The second-order valence-electron chi connectivity index (χ2n) is 10.4. The van der Waals surface area contributed by atoms with Crippen molar-refractivity contribution >= 4 is 11.7 Å². The van der Waals surface area contributed by atoms with Crippen LogP contribution in [0.25, 0.3) is 16.9 Å². The van der Waals surface area contributed by atoms with E-state index in [2.05, 4.69) is 35.7 Å². The normalized spacial score (nSPS) is 16.3. The van der Waals surface area contributed by atoms with E-state index in [1.54, 1.807) is 35.4 Å². The van der Waals surface area contributed by atoms with Crippen LogP contribution in [0.1, 0.15) is 54.6 Å². The zero-order valence-corrected chi connectivity index (χ0v) is 21.3. The van der Waals surface area contributed by atoms with Gasteiger partial charge in [0.05, 0.1) is 23.1 Å². The lowest BCUT2D eigenvalue weighted by Gasteiger charge is -2.14. The number of aryl methyl sites for hydroxylation is 1. The number of amides is 1. The summed E-state index contributed by atoms with van der Waals surface area (Å²) < 4.78 is 20.5. The second kappa shape index (κ2) is 9.81. The Kier molecular flexibility index (Phi) is 6.55. The van der Waals surface area contributed by atoms with Crippen LogP contribution in [0, 0.1) is 6.92 Å². The summed E-state index contributed by atoms with van der Waals surface area (Å²) in [6.07, 6.45) is 6.59. The molecule has 1 amide bonds. The van der Waals surface area contributed by atoms with E-state index in [1.165, 1.54) is 6.20 Å². The molecule has 5 heterocycles. The lowest BCUT2D eigenvalue weighted by Crippen LogP contribution is -2.20. The van der Waals surface area contributed by atoms with E-state index in [0.717, 1.165) is 17.7 Å². The molecule has 1 fully saturated rings. The number of hydrogen-bond donors (Lipinski definition) is 1. The topological polar surface area (TPSA) is 115 Å². The van der Waals surface area contributed by atoms with E-state index in [0.29, 0.717) is 53.7 Å². The molecular formula is C26H29FN8O2. The number of anilines is 1. The van der Waals surface area contributed by atoms with Crippen LogP contribution in [0.2, 0.25) is 0 Å². The van der Waals surface area contributed by atoms with Gasteiger partial charge in [-0.25, -0.2) is 9.07 Å². The van der Waals surface area contributed by atoms with Crippen molar-refractivity contribution in [3.63, 3.8) is 0 Å². The molecule has 11 heteroatoms. The van der Waals surface area contributed by atoms with Gasteiger partial charge in [0.15, 0.2) is 5.82 Å². The van der Waals surface area contributed by atoms with Crippen LogP contribution in [-0.4, -0.2) is 60.2 Å². The highest BCUT2D eigenvalue weighted by molar-refractivity contribution is 6.03. The van der Waals surface area contributed by atoms with Crippen molar-refractivity contribution in [2.24, 2.45) is 0 Å². The van der Waals surface area contributed by atoms with Gasteiger partial charge in [0, 0.05) is 55.3 Å². The summed E-state index contributed by atoms with van der Waals surface area (Å²) in [6, 6.07) is 5.41. The Balaban J connectivity index is 1.33. The van der Waals surface area contributed by atoms with Crippen molar-refractivity contribution in [2.45, 2.75) is 52.2 Å². The van der Waals surface area contributed by atoms with Crippen LogP contribution in [-0.2, 0) is 12.0 Å². The molecule has 1 aliphatic heterocycles. The van der Waals surface area contributed by atoms with Crippen molar-refractivity contribution in [1.29, 1.82) is 0 Å². The fraction of sp³-hybridized carbons (Fsp3) is 0.385. The number of rotatable bonds is 6. The summed E-state index contributed by atoms with van der Waals surface area (Å²) in [7, 11) is 0. The number of likely N-dealkylation sites (tertiary alicyclic amines) is 1. The van der Waals surface area contributed by atoms with Gasteiger partial charge in [-0.15, -0.1) is 5.10 Å². The van der Waals surface area contributed by atoms with Crippen LogP contribution in [0.4, 0.5) is 10.2 Å². The number of nitrogens with one attached hydrogen (secondary N) is 1. The first kappa shape index (κ1) is 24.7. The molecule has 0 aromatic carbocycles. The van der Waals surface area contributed by atoms with E-state index in [9.17, 15) is 9.18 Å². The van der Waals surface area contributed by atoms with E-state index in [-0.39, 0.29) is 11.3 Å². The fourth-order valence-electron chi connectivity index (χ4n) is 4.17. The van der Waals surface area contributed by atoms with Gasteiger partial charge in [-0.2, -0.15) is 0 Å². The minimum Gasteiger partial charge on any atom is -0.359 e. The minimum absolute atomic E-state index is 0.222. The Morgan fingerprint density at radius 3 is 2.78 bits per heavy atom. The summed E-state index contributed by atoms with van der Waals surface area (Å²) in [5.41, 5.74) is 3.85. The van der Waals surface area contributed by atoms with Crippen molar-refractivity contribution in [3.8, 4) is 16.9 Å². The Bertz CT molecular complexity index is 1420. The largest absolute Gasteiger partial charge is 0.359 e. The maximum absolute atomic E-state index is 13.5. The number of carbonyl (C=O) groups is 1. The predicted molar refractivity (Wildman–Crippen MR) is 135 cm³/mol. The zero-order chi connectivity index (χ0) is 26.2. The number of halogens is 1. The molecule has 10 nitrogen and oxygen atoms in total. The first-order valence-corrected chi connectivity index (χ1v) is 12.1. The van der Waals surface area contributed by atoms with Gasteiger partial charge >= 0.3 is 0 Å². The van der Waals surface area contributed by atoms with Gasteiger partial charge in [-0.05, 0) is 31.0 Å². The molecule has 1 aliphatic rings. The molecule has 1 saturated heterocycles. The Morgan fingerprint density at radius 1 is 1.22 bits per heavy atom. The molecule has 37 heavy (non-hydrogen) atoms. The van der Waals surface area contributed by atoms with Crippen molar-refractivity contribution in [2.75, 3.05) is 18.4 Å². The molecule has 0 spiro atoms. The average Bonchev–Trinajstić information content (AvgIpc) is 3.61. The highest BCUT2D eigenvalue weighted by atomic mass is 19.1. The van der Waals surface area contributed by atoms with E-state index < -0.39 is 6.17 Å². The molecule has 1 unspecified atom stereocenters. The SMILES string of the molecule is Cc1ncc(C(=O)Nc2cc(C(C)(C)C)on2)cc1-n1cc(-c2cncc(CN3CCC(F)C3)c2)nn1. The Labute approximate surface area is 213 Å². The van der Waals surface area contributed by atoms with E-state index in [1.807, 2.05) is 33.8 Å². The van der Waals surface area contributed by atoms with Gasteiger partial charge in [0.25, 0.3) is 5.91 Å². The number of alkyl halides is 1. The maximum Gasteiger partial charge on any atom is 0.258 e. The van der Waals surface area contributed by atoms with Gasteiger partial charge < -0.3 is 9.84 Å². The van der Waals surface area contributed by atoms with Gasteiger partial charge in [0.2, 0.25) is 0 Å². The van der Waals surface area contributed by atoms with E-state index in [4.69, 9.17) is 4.52 Å². The molecule has 0 radical (unpaired) electrons. The number of aromatic nitrogens is 6. The molecule has 5 rings (SSSR count). The molecule has 1 atom stereocenters. The van der Waals surface area contributed by atoms with Crippen molar-refractivity contribution in [1.82, 2.24) is 35.0 Å². The van der Waals surface area contributed by atoms with Crippen LogP contribution < -0.4 is 5.32 Å². The third-order valence-corrected chi connectivity index (χ3v) is 6.27. The first-order valence-electron chi connectivity index (χ1n) is 12.1. The monoisotopic (exact) mass is 504 g/mol. The fourth-order valence-corrected chi connectivity index (χ4v) is 4.17. The van der Waals surface area contributed by atoms with Crippen LogP contribution in [0.5, 0.6) is 0 Å². The summed E-state index contributed by atoms with van der Waals surface area (Å²) in [4.78, 5) is 23.7. The zero-order valence-electron chi connectivity index (χ0n) is 21.3. The molecule has 4 aromatic heterocycles. The summed E-state index contributed by atoms with van der Waals surface area (Å²) >= 11 is 0. The summed E-state index contributed by atoms with van der Waals surface area (Å²) in [5.74, 6) is 0.645. The maximum atomic E-state index is 13.5. The smallest absolute Gasteiger partial charge is 0.258 e. The molecule has 1 N–H and O–H groups in total. The van der Waals surface area contributed by atoms with Crippen molar-refractivity contribution in [3.05, 3.63) is 65.6 Å². The molecule has 0 bridgehead atoms. The standard InChI is InChI=1S/C26H29FN8O2/c1-16-22(8-19(12-29-16)25(36)30-24-9-23(37-32-24)26(2,3)4)35-15-21(31-33-35)18-7-17(10-28-11-18)13-34-6-5-20(27)14-34/h7-12,15,20H,5-6,13-14H2,1-4H3,(H,30,32,36). The van der Waals surface area contributed by atoms with Gasteiger partial charge in [-0.3, -0.25) is 19.7 Å². The summed E-state index contributed by atoms with van der Waals surface area (Å²) in [5, 5.41) is 15.3. The number of carbonyl (C=O) groups excluding carboxylic acids is 1. The van der Waals surface area contributed by atoms with E-state index >= 15 is 0 Å². The van der Waals surface area contributed by atoms with Crippen LogP contribution in [0.15, 0.2) is 47.5 Å². The highest BCUT2D eigenvalue weighted by Crippen LogP contribution is 2.25. The predicted octanol–water partition coefficient (Wildman–Crippen LogP) is 4.11. The van der Waals surface area contributed by atoms with Gasteiger partial charge in [0.1, 0.15) is 17.6 Å². The number of hydrogen-bond acceptors (Lipinski definition) is 8. The molecule has 0 saturated carbocycles. The third-order valence-electron chi connectivity index (χ3n) is 6.27. The molecule has 0 aliphatic carbocycles. The number of nitrogens with zero attached hydrogens (tertiary/aromatic N) is 7. The highest BCUT2D eigenvalue weighted by Gasteiger charge is 2.23. The molecule has 4 aromatic rings. The Morgan fingerprint density at radius 2 is 2.05 bits per heavy atom. The average molecular weight is 505 g/mol. The lowest BCUT2D eigenvalue weighted by atomic mass is 9.93. The van der Waals surface area contributed by atoms with Crippen LogP contribution in [0.3, 0.4) is 0 Å². The van der Waals surface area contributed by atoms with Crippen molar-refractivity contribution < 1.29 is 13.7 Å². The first-order chi connectivity index (χ1) is 17.7. The second-order valence-corrected chi connectivity index (χ2v) is 10.4. The third kappa shape index (κ3) is 5.56. The minimum atomic E-state index is -0.761. The Hall–Kier alpha value is -3.99. The molecular weight excluding hydrogens is 475 g/mol. The summed E-state index contributed by atoms with van der Waals surface area (Å²) in [6.45, 7) is 9.67. The molecule has 192 valence electrons.